The number of imidazole rings is 1. The summed E-state index contributed by atoms with van der Waals surface area (Å²) < 4.78 is 6.70. The number of aryl methyl sites for hydroxylation is 1. The number of aromatic nitrogens is 7. The molecule has 0 amide bonds. The van der Waals surface area contributed by atoms with Crippen LogP contribution in [-0.4, -0.2) is 41.7 Å². The molecule has 0 aliphatic carbocycles. The number of hydrogen-bond donors (Lipinski definition) is 2. The largest absolute Gasteiger partial charge is 0.357 e. The summed E-state index contributed by atoms with van der Waals surface area (Å²) in [5, 5.41) is 9.62. The molecule has 0 bridgehead atoms. The first-order valence-electron chi connectivity index (χ1n) is 6.20. The van der Waals surface area contributed by atoms with Gasteiger partial charge < -0.3 is 15.2 Å². The smallest absolute Gasteiger partial charge is 0.246 e. The van der Waals surface area contributed by atoms with E-state index in [1.165, 1.54) is 0 Å². The molecule has 10 nitrogen and oxygen atoms in total. The Hall–Kier alpha value is -3.04. The highest BCUT2D eigenvalue weighted by atomic mass is 16.5. The first kappa shape index (κ1) is 13.0. The van der Waals surface area contributed by atoms with Crippen LogP contribution >= 0.6 is 0 Å². The lowest BCUT2D eigenvalue weighted by atomic mass is 10.6. The van der Waals surface area contributed by atoms with Crippen LogP contribution in [0.3, 0.4) is 0 Å². The first-order valence-corrected chi connectivity index (χ1v) is 6.20. The van der Waals surface area contributed by atoms with Crippen molar-refractivity contribution < 1.29 is 4.52 Å². The van der Waals surface area contributed by atoms with Crippen LogP contribution in [-0.2, 0) is 6.54 Å². The maximum Gasteiger partial charge on any atom is 0.246 e. The first-order chi connectivity index (χ1) is 10.2. The van der Waals surface area contributed by atoms with E-state index in [1.807, 2.05) is 0 Å². The molecule has 10 heteroatoms. The van der Waals surface area contributed by atoms with E-state index < -0.39 is 0 Å². The van der Waals surface area contributed by atoms with E-state index in [0.717, 1.165) is 0 Å². The third kappa shape index (κ3) is 2.94. The molecule has 0 saturated heterocycles. The molecule has 2 N–H and O–H groups in total. The molecule has 0 atom stereocenters. The van der Waals surface area contributed by atoms with Gasteiger partial charge in [-0.15, -0.1) is 0 Å². The summed E-state index contributed by atoms with van der Waals surface area (Å²) in [7, 11) is 1.73. The molecule has 0 unspecified atom stereocenters. The lowest BCUT2D eigenvalue weighted by Crippen LogP contribution is -2.10. The third-order valence-electron chi connectivity index (χ3n) is 2.55. The zero-order valence-corrected chi connectivity index (χ0v) is 11.5. The van der Waals surface area contributed by atoms with Crippen LogP contribution in [0.15, 0.2) is 23.2 Å². The van der Waals surface area contributed by atoms with E-state index in [0.29, 0.717) is 36.1 Å². The van der Waals surface area contributed by atoms with Crippen LogP contribution in [0.1, 0.15) is 11.7 Å². The van der Waals surface area contributed by atoms with Crippen molar-refractivity contribution in [2.24, 2.45) is 0 Å². The molecule has 0 aromatic carbocycles. The molecule has 21 heavy (non-hydrogen) atoms. The predicted molar refractivity (Wildman–Crippen MR) is 72.9 cm³/mol. The minimum atomic E-state index is 0.331. The molecular formula is C11H13N9O. The van der Waals surface area contributed by atoms with Crippen LogP contribution in [0.5, 0.6) is 0 Å². The number of hydrogen-bond acceptors (Lipinski definition) is 9. The summed E-state index contributed by atoms with van der Waals surface area (Å²) >= 11 is 0. The SMILES string of the molecule is CNc1nc(NCc2nc(C)no2)nc(-n2ccnc2)n1. The second-order valence-electron chi connectivity index (χ2n) is 4.09. The van der Waals surface area contributed by atoms with Gasteiger partial charge in [0.1, 0.15) is 6.33 Å². The average Bonchev–Trinajstić information content (AvgIpc) is 3.16. The van der Waals surface area contributed by atoms with E-state index in [4.69, 9.17) is 4.52 Å². The quantitative estimate of drug-likeness (QED) is 0.687. The van der Waals surface area contributed by atoms with Crippen LogP contribution < -0.4 is 10.6 Å². The summed E-state index contributed by atoms with van der Waals surface area (Å²) in [5.41, 5.74) is 0. The van der Waals surface area contributed by atoms with Gasteiger partial charge in [0.25, 0.3) is 0 Å². The zero-order valence-electron chi connectivity index (χ0n) is 11.5. The summed E-state index contributed by atoms with van der Waals surface area (Å²) in [6.45, 7) is 2.09. The maximum absolute atomic E-state index is 5.02. The molecule has 108 valence electrons. The molecule has 0 radical (unpaired) electrons. The predicted octanol–water partition coefficient (Wildman–Crippen LogP) is 0.403. The highest BCUT2D eigenvalue weighted by Crippen LogP contribution is 2.09. The van der Waals surface area contributed by atoms with Gasteiger partial charge in [-0.25, -0.2) is 4.98 Å². The zero-order chi connectivity index (χ0) is 14.7. The van der Waals surface area contributed by atoms with Gasteiger partial charge >= 0.3 is 0 Å². The van der Waals surface area contributed by atoms with Crippen molar-refractivity contribution in [3.8, 4) is 5.95 Å². The van der Waals surface area contributed by atoms with Gasteiger partial charge in [0.15, 0.2) is 5.82 Å². The highest BCUT2D eigenvalue weighted by Gasteiger charge is 2.08. The molecule has 3 aromatic heterocycles. The lowest BCUT2D eigenvalue weighted by molar-refractivity contribution is 0.379. The van der Waals surface area contributed by atoms with E-state index in [2.05, 4.69) is 40.7 Å². The molecule has 3 heterocycles. The van der Waals surface area contributed by atoms with E-state index in [1.54, 1.807) is 37.3 Å². The van der Waals surface area contributed by atoms with E-state index >= 15 is 0 Å². The van der Waals surface area contributed by atoms with Gasteiger partial charge in [-0.05, 0) is 6.92 Å². The molecule has 0 aliphatic heterocycles. The molecule has 0 saturated carbocycles. The number of rotatable bonds is 5. The summed E-state index contributed by atoms with van der Waals surface area (Å²) in [4.78, 5) is 20.8. The van der Waals surface area contributed by atoms with Gasteiger partial charge in [0.05, 0.1) is 6.54 Å². The van der Waals surface area contributed by atoms with Gasteiger partial charge in [-0.2, -0.15) is 19.9 Å². The van der Waals surface area contributed by atoms with Crippen LogP contribution in [0.25, 0.3) is 5.95 Å². The second-order valence-corrected chi connectivity index (χ2v) is 4.09. The Morgan fingerprint density at radius 3 is 2.71 bits per heavy atom. The topological polar surface area (TPSA) is 119 Å². The van der Waals surface area contributed by atoms with Crippen molar-refractivity contribution in [2.75, 3.05) is 17.7 Å². The van der Waals surface area contributed by atoms with Gasteiger partial charge in [0.2, 0.25) is 23.7 Å². The number of nitrogens with zero attached hydrogens (tertiary/aromatic N) is 7. The number of nitrogens with one attached hydrogen (secondary N) is 2. The van der Waals surface area contributed by atoms with Crippen LogP contribution in [0.4, 0.5) is 11.9 Å². The van der Waals surface area contributed by atoms with Crippen molar-refractivity contribution in [2.45, 2.75) is 13.5 Å². The maximum atomic E-state index is 5.02. The Morgan fingerprint density at radius 1 is 1.19 bits per heavy atom. The van der Waals surface area contributed by atoms with Crippen LogP contribution in [0, 0.1) is 6.92 Å². The van der Waals surface area contributed by atoms with E-state index in [-0.39, 0.29) is 0 Å². The van der Waals surface area contributed by atoms with E-state index in [9.17, 15) is 0 Å². The Morgan fingerprint density at radius 2 is 2.05 bits per heavy atom. The molecule has 3 aromatic rings. The monoisotopic (exact) mass is 287 g/mol. The van der Waals surface area contributed by atoms with Crippen molar-refractivity contribution in [3.63, 3.8) is 0 Å². The van der Waals surface area contributed by atoms with Gasteiger partial charge in [-0.3, -0.25) is 4.57 Å². The van der Waals surface area contributed by atoms with Gasteiger partial charge in [-0.1, -0.05) is 5.16 Å². The third-order valence-corrected chi connectivity index (χ3v) is 2.55. The molecule has 0 fully saturated rings. The van der Waals surface area contributed by atoms with Crippen molar-refractivity contribution in [1.29, 1.82) is 0 Å². The normalized spacial score (nSPS) is 10.6. The minimum absolute atomic E-state index is 0.331. The van der Waals surface area contributed by atoms with Crippen molar-refractivity contribution >= 4 is 11.9 Å². The second kappa shape index (κ2) is 5.53. The van der Waals surface area contributed by atoms with Crippen molar-refractivity contribution in [3.05, 3.63) is 30.4 Å². The molecule has 0 aliphatic rings. The fourth-order valence-corrected chi connectivity index (χ4v) is 1.62. The standard InChI is InChI=1S/C11H13N9O/c1-7-15-8(21-19-7)5-14-10-16-9(12-2)17-11(18-10)20-4-3-13-6-20/h3-4,6H,5H2,1-2H3,(H2,12,14,16,17,18). The fourth-order valence-electron chi connectivity index (χ4n) is 1.62. The Balaban J connectivity index is 1.82. The Labute approximate surface area is 119 Å². The molecule has 3 rings (SSSR count). The summed E-state index contributed by atoms with van der Waals surface area (Å²) in [6, 6.07) is 0. The highest BCUT2D eigenvalue weighted by molar-refractivity contribution is 5.37. The molecule has 0 spiro atoms. The summed E-state index contributed by atoms with van der Waals surface area (Å²) in [5.74, 6) is 2.34. The number of anilines is 2. The minimum Gasteiger partial charge on any atom is -0.357 e. The summed E-state index contributed by atoms with van der Waals surface area (Å²) in [6.07, 6.45) is 5.01. The Kier molecular flexibility index (Phi) is 3.41. The fraction of sp³-hybridized carbons (Fsp3) is 0.273. The average molecular weight is 287 g/mol. The van der Waals surface area contributed by atoms with Crippen molar-refractivity contribution in [1.82, 2.24) is 34.6 Å². The van der Waals surface area contributed by atoms with Gasteiger partial charge in [0, 0.05) is 19.4 Å². The Bertz CT molecular complexity index is 721. The lowest BCUT2D eigenvalue weighted by Gasteiger charge is -2.07. The molecular weight excluding hydrogens is 274 g/mol. The van der Waals surface area contributed by atoms with Crippen LogP contribution in [0.2, 0.25) is 0 Å².